The largest absolute Gasteiger partial charge is 0.472 e. The summed E-state index contributed by atoms with van der Waals surface area (Å²) in [5, 5.41) is 3.03. The summed E-state index contributed by atoms with van der Waals surface area (Å²) in [5.74, 6) is -0.528. The van der Waals surface area contributed by atoms with Crippen LogP contribution >= 0.6 is 7.82 Å². The normalized spacial score (nSPS) is 14.2. The second kappa shape index (κ2) is 51.2. The molecule has 71 heavy (non-hydrogen) atoms. The predicted octanol–water partition coefficient (Wildman–Crippen LogP) is 17.9. The number of esters is 1. The van der Waals surface area contributed by atoms with Crippen molar-refractivity contribution in [2.45, 2.75) is 277 Å². The Hall–Kier alpha value is -2.29. The number of carbonyl (C=O) groups is 2. The second-order valence-electron chi connectivity index (χ2n) is 21.2. The molecule has 3 atom stereocenters. The number of allylic oxidation sites excluding steroid dienone is 9. The minimum Gasteiger partial charge on any atom is -0.456 e. The van der Waals surface area contributed by atoms with Gasteiger partial charge in [-0.15, -0.1) is 0 Å². The third kappa shape index (κ3) is 52.4. The quantitative estimate of drug-likeness (QED) is 0.0156. The molecule has 0 aromatic rings. The van der Waals surface area contributed by atoms with Crippen LogP contribution in [-0.2, 0) is 27.9 Å². The van der Waals surface area contributed by atoms with Crippen molar-refractivity contribution in [3.05, 3.63) is 60.8 Å². The number of likely N-dealkylation sites (N-methyl/N-ethyl adjacent to an activating group) is 1. The van der Waals surface area contributed by atoms with E-state index < -0.39 is 20.0 Å². The standard InChI is InChI=1S/C61H113N2O7P/c1-7-10-13-16-19-22-25-27-28-29-30-31-32-33-34-36-39-42-45-48-51-54-61(65)70-59(52-49-46-43-40-37-24-21-18-15-12-9-3)58(57-69-71(66,67)68-56-55-63(4,5)6)62-60(64)53-50-47-44-41-38-35-26-23-20-17-14-11-8-2/h11,14,17,20,23,26-28,49,52,58-59H,7-10,12-13,15-16,18-19,21-22,24-25,29-48,50-51,53-57H2,1-6H3,(H-,62,64,66,67)/p+1/b14-11+,20-17+,26-23-,28-27+,52-49-. The van der Waals surface area contributed by atoms with Crippen molar-refractivity contribution in [2.75, 3.05) is 40.9 Å². The van der Waals surface area contributed by atoms with E-state index in [-0.39, 0.29) is 31.5 Å². The van der Waals surface area contributed by atoms with Crippen LogP contribution in [0.5, 0.6) is 0 Å². The third-order valence-electron chi connectivity index (χ3n) is 13.0. The Kier molecular flexibility index (Phi) is 49.6. The number of hydrogen-bond donors (Lipinski definition) is 2. The fourth-order valence-electron chi connectivity index (χ4n) is 8.41. The first-order chi connectivity index (χ1) is 34.4. The fraction of sp³-hybridized carbons (Fsp3) is 0.803. The van der Waals surface area contributed by atoms with Gasteiger partial charge in [-0.1, -0.05) is 236 Å². The molecule has 0 aliphatic rings. The number of quaternary nitrogens is 1. The Balaban J connectivity index is 5.21. The average molecular weight is 1020 g/mol. The molecule has 0 spiro atoms. The van der Waals surface area contributed by atoms with E-state index in [2.05, 4.69) is 74.7 Å². The van der Waals surface area contributed by atoms with E-state index in [1.807, 2.05) is 33.3 Å². The van der Waals surface area contributed by atoms with Crippen LogP contribution in [0.25, 0.3) is 0 Å². The van der Waals surface area contributed by atoms with E-state index >= 15 is 0 Å². The van der Waals surface area contributed by atoms with Crippen LogP contribution in [0.2, 0.25) is 0 Å². The second-order valence-corrected chi connectivity index (χ2v) is 22.7. The molecule has 0 heterocycles. The molecule has 10 heteroatoms. The highest BCUT2D eigenvalue weighted by atomic mass is 31.2. The Morgan fingerprint density at radius 2 is 0.915 bits per heavy atom. The molecule has 0 aromatic carbocycles. The molecule has 1 amide bonds. The maximum Gasteiger partial charge on any atom is 0.472 e. The summed E-state index contributed by atoms with van der Waals surface area (Å²) in [6, 6.07) is -0.858. The number of phosphoric ester groups is 1. The first-order valence-electron chi connectivity index (χ1n) is 29.6. The summed E-state index contributed by atoms with van der Waals surface area (Å²) >= 11 is 0. The maximum atomic E-state index is 13.5. The molecule has 2 N–H and O–H groups in total. The molecule has 0 aliphatic heterocycles. The van der Waals surface area contributed by atoms with Gasteiger partial charge < -0.3 is 19.4 Å². The van der Waals surface area contributed by atoms with Crippen LogP contribution < -0.4 is 5.32 Å². The predicted molar refractivity (Wildman–Crippen MR) is 305 cm³/mol. The van der Waals surface area contributed by atoms with Crippen LogP contribution in [0.1, 0.15) is 265 Å². The lowest BCUT2D eigenvalue weighted by Gasteiger charge is -2.27. The van der Waals surface area contributed by atoms with Crippen LogP contribution in [0.15, 0.2) is 60.8 Å². The summed E-state index contributed by atoms with van der Waals surface area (Å²) < 4.78 is 30.6. The van der Waals surface area contributed by atoms with Crippen molar-refractivity contribution in [2.24, 2.45) is 0 Å². The van der Waals surface area contributed by atoms with E-state index in [9.17, 15) is 19.0 Å². The van der Waals surface area contributed by atoms with Gasteiger partial charge >= 0.3 is 13.8 Å². The lowest BCUT2D eigenvalue weighted by molar-refractivity contribution is -0.870. The lowest BCUT2D eigenvalue weighted by atomic mass is 10.0. The van der Waals surface area contributed by atoms with Gasteiger partial charge in [0.2, 0.25) is 5.91 Å². The van der Waals surface area contributed by atoms with E-state index in [0.717, 1.165) is 83.5 Å². The van der Waals surface area contributed by atoms with Gasteiger partial charge in [0.1, 0.15) is 19.3 Å². The zero-order valence-electron chi connectivity index (χ0n) is 47.2. The molecule has 0 radical (unpaired) electrons. The number of carbonyl (C=O) groups excluding carboxylic acids is 2. The van der Waals surface area contributed by atoms with Crippen molar-refractivity contribution in [3.63, 3.8) is 0 Å². The van der Waals surface area contributed by atoms with Gasteiger partial charge in [0, 0.05) is 12.8 Å². The molecule has 414 valence electrons. The molecule has 0 fully saturated rings. The summed E-state index contributed by atoms with van der Waals surface area (Å²) in [5.41, 5.74) is 0. The lowest BCUT2D eigenvalue weighted by Crippen LogP contribution is -2.47. The molecule has 9 nitrogen and oxygen atoms in total. The van der Waals surface area contributed by atoms with Gasteiger partial charge in [0.15, 0.2) is 0 Å². The summed E-state index contributed by atoms with van der Waals surface area (Å²) in [4.78, 5) is 37.6. The molecular weight excluding hydrogens is 904 g/mol. The summed E-state index contributed by atoms with van der Waals surface area (Å²) in [6.07, 6.45) is 63.7. The smallest absolute Gasteiger partial charge is 0.456 e. The van der Waals surface area contributed by atoms with Crippen molar-refractivity contribution in [1.82, 2.24) is 5.32 Å². The molecular formula is C61H114N2O7P+. The third-order valence-corrected chi connectivity index (χ3v) is 14.0. The first kappa shape index (κ1) is 68.7. The number of hydrogen-bond acceptors (Lipinski definition) is 6. The summed E-state index contributed by atoms with van der Waals surface area (Å²) in [6.45, 7) is 6.86. The van der Waals surface area contributed by atoms with Gasteiger partial charge in [0.25, 0.3) is 0 Å². The fourth-order valence-corrected chi connectivity index (χ4v) is 9.14. The van der Waals surface area contributed by atoms with E-state index in [1.54, 1.807) is 0 Å². The zero-order valence-corrected chi connectivity index (χ0v) is 48.1. The Morgan fingerprint density at radius 3 is 1.38 bits per heavy atom. The molecule has 0 aliphatic carbocycles. The van der Waals surface area contributed by atoms with Gasteiger partial charge in [-0.05, 0) is 76.7 Å². The van der Waals surface area contributed by atoms with Gasteiger partial charge in [-0.2, -0.15) is 0 Å². The molecule has 0 bridgehead atoms. The monoisotopic (exact) mass is 1020 g/mol. The molecule has 0 rings (SSSR count). The number of phosphoric acid groups is 1. The molecule has 0 saturated carbocycles. The number of ether oxygens (including phenoxy) is 1. The van der Waals surface area contributed by atoms with Gasteiger partial charge in [0.05, 0.1) is 33.8 Å². The minimum absolute atomic E-state index is 0.0347. The molecule has 3 unspecified atom stereocenters. The van der Waals surface area contributed by atoms with Crippen molar-refractivity contribution >= 4 is 19.7 Å². The molecule has 0 saturated heterocycles. The van der Waals surface area contributed by atoms with Gasteiger partial charge in [-0.25, -0.2) is 4.57 Å². The number of nitrogens with zero attached hydrogens (tertiary/aromatic N) is 1. The average Bonchev–Trinajstić information content (AvgIpc) is 3.33. The number of nitrogens with one attached hydrogen (secondary N) is 1. The number of amides is 1. The highest BCUT2D eigenvalue weighted by Crippen LogP contribution is 2.43. The molecule has 0 aromatic heterocycles. The van der Waals surface area contributed by atoms with E-state index in [1.165, 1.54) is 148 Å². The van der Waals surface area contributed by atoms with Crippen LogP contribution in [0, 0.1) is 0 Å². The maximum absolute atomic E-state index is 13.5. The van der Waals surface area contributed by atoms with Crippen molar-refractivity contribution in [3.8, 4) is 0 Å². The van der Waals surface area contributed by atoms with E-state index in [0.29, 0.717) is 17.4 Å². The van der Waals surface area contributed by atoms with Crippen molar-refractivity contribution < 1.29 is 37.3 Å². The zero-order chi connectivity index (χ0) is 52.2. The Morgan fingerprint density at radius 1 is 0.507 bits per heavy atom. The Labute approximate surface area is 439 Å². The highest BCUT2D eigenvalue weighted by Gasteiger charge is 2.30. The minimum atomic E-state index is -4.45. The highest BCUT2D eigenvalue weighted by molar-refractivity contribution is 7.47. The van der Waals surface area contributed by atoms with E-state index in [4.69, 9.17) is 13.8 Å². The van der Waals surface area contributed by atoms with Crippen molar-refractivity contribution in [1.29, 1.82) is 0 Å². The van der Waals surface area contributed by atoms with Crippen LogP contribution in [0.4, 0.5) is 0 Å². The summed E-state index contributed by atoms with van der Waals surface area (Å²) in [7, 11) is 1.48. The SMILES string of the molecule is CC/C=C/C=C/C=C\CCCCCCCC(=O)NC(COP(=O)(O)OCC[N+](C)(C)C)C(/C=C\CCCCCCCCCCC)OC(=O)CCCCCCCCCCCCC/C=C/CCCCCCCC. The topological polar surface area (TPSA) is 111 Å². The van der Waals surface area contributed by atoms with Crippen LogP contribution in [-0.4, -0.2) is 74.3 Å². The van der Waals surface area contributed by atoms with Crippen LogP contribution in [0.3, 0.4) is 0 Å². The van der Waals surface area contributed by atoms with Gasteiger partial charge in [-0.3, -0.25) is 18.6 Å². The number of rotatable bonds is 53. The number of unbranched alkanes of at least 4 members (excludes halogenated alkanes) is 31. The first-order valence-corrected chi connectivity index (χ1v) is 31.1. The Bertz CT molecular complexity index is 1400.